The van der Waals surface area contributed by atoms with E-state index < -0.39 is 0 Å². The molecule has 0 aromatic carbocycles. The van der Waals surface area contributed by atoms with Crippen molar-refractivity contribution >= 4 is 0 Å². The first-order valence-corrected chi connectivity index (χ1v) is 4.72. The molecule has 0 saturated carbocycles. The van der Waals surface area contributed by atoms with E-state index in [2.05, 4.69) is 10.2 Å². The highest BCUT2D eigenvalue weighted by molar-refractivity contribution is 5.13. The average Bonchev–Trinajstić information content (AvgIpc) is 2.67. The maximum atomic E-state index is 5.49. The Morgan fingerprint density at radius 2 is 2.62 bits per heavy atom. The van der Waals surface area contributed by atoms with Crippen molar-refractivity contribution in [2.75, 3.05) is 13.2 Å². The third-order valence-electron chi connectivity index (χ3n) is 2.45. The zero-order valence-corrected chi connectivity index (χ0v) is 7.62. The van der Waals surface area contributed by atoms with Crippen molar-refractivity contribution in [3.05, 3.63) is 17.5 Å². The number of aromatic nitrogens is 2. The zero-order valence-electron chi connectivity index (χ0n) is 7.62. The highest BCUT2D eigenvalue weighted by Gasteiger charge is 2.18. The van der Waals surface area contributed by atoms with Crippen LogP contribution in [0.15, 0.2) is 6.07 Å². The average molecular weight is 181 g/mol. The van der Waals surface area contributed by atoms with Gasteiger partial charge in [-0.25, -0.2) is 0 Å². The molecule has 1 saturated heterocycles. The first-order valence-electron chi connectivity index (χ1n) is 4.72. The van der Waals surface area contributed by atoms with E-state index in [1.54, 1.807) is 0 Å². The van der Waals surface area contributed by atoms with Gasteiger partial charge in [0.25, 0.3) is 0 Å². The molecule has 4 heteroatoms. The second kappa shape index (κ2) is 3.89. The molecule has 2 heterocycles. The summed E-state index contributed by atoms with van der Waals surface area (Å²) in [5.74, 6) is 0.463. The second-order valence-corrected chi connectivity index (χ2v) is 3.44. The SMILES string of the molecule is NCc1cc(C2CCCOC2)n[nH]1. The van der Waals surface area contributed by atoms with Crippen molar-refractivity contribution in [3.63, 3.8) is 0 Å². The van der Waals surface area contributed by atoms with Gasteiger partial charge >= 0.3 is 0 Å². The number of hydrogen-bond acceptors (Lipinski definition) is 3. The van der Waals surface area contributed by atoms with Crippen LogP contribution >= 0.6 is 0 Å². The largest absolute Gasteiger partial charge is 0.381 e. The number of nitrogens with one attached hydrogen (secondary N) is 1. The monoisotopic (exact) mass is 181 g/mol. The third-order valence-corrected chi connectivity index (χ3v) is 2.45. The topological polar surface area (TPSA) is 63.9 Å². The summed E-state index contributed by atoms with van der Waals surface area (Å²) in [7, 11) is 0. The van der Waals surface area contributed by atoms with Gasteiger partial charge in [-0.05, 0) is 18.9 Å². The minimum Gasteiger partial charge on any atom is -0.381 e. The molecule has 1 fully saturated rings. The lowest BCUT2D eigenvalue weighted by atomic mass is 9.98. The van der Waals surface area contributed by atoms with E-state index in [0.29, 0.717) is 12.5 Å². The highest BCUT2D eigenvalue weighted by Crippen LogP contribution is 2.23. The van der Waals surface area contributed by atoms with Crippen molar-refractivity contribution in [2.24, 2.45) is 5.73 Å². The van der Waals surface area contributed by atoms with Crippen LogP contribution in [0.1, 0.15) is 30.1 Å². The Labute approximate surface area is 77.5 Å². The van der Waals surface area contributed by atoms with Gasteiger partial charge in [-0.15, -0.1) is 0 Å². The van der Waals surface area contributed by atoms with Gasteiger partial charge in [-0.2, -0.15) is 5.10 Å². The first-order chi connectivity index (χ1) is 6.40. The summed E-state index contributed by atoms with van der Waals surface area (Å²) < 4.78 is 5.39. The lowest BCUT2D eigenvalue weighted by Gasteiger charge is -2.19. The summed E-state index contributed by atoms with van der Waals surface area (Å²) in [6.45, 7) is 2.22. The molecule has 1 atom stereocenters. The van der Waals surface area contributed by atoms with Crippen LogP contribution in [0.25, 0.3) is 0 Å². The van der Waals surface area contributed by atoms with Gasteiger partial charge in [0.2, 0.25) is 0 Å². The number of hydrogen-bond donors (Lipinski definition) is 2. The smallest absolute Gasteiger partial charge is 0.0679 e. The third kappa shape index (κ3) is 1.89. The van der Waals surface area contributed by atoms with E-state index in [0.717, 1.165) is 31.0 Å². The summed E-state index contributed by atoms with van der Waals surface area (Å²) in [5, 5.41) is 7.15. The molecule has 1 unspecified atom stereocenters. The molecule has 1 aromatic heterocycles. The van der Waals surface area contributed by atoms with E-state index >= 15 is 0 Å². The fourth-order valence-electron chi connectivity index (χ4n) is 1.67. The van der Waals surface area contributed by atoms with E-state index in [4.69, 9.17) is 10.5 Å². The zero-order chi connectivity index (χ0) is 9.10. The molecule has 0 amide bonds. The molecule has 4 nitrogen and oxygen atoms in total. The van der Waals surface area contributed by atoms with Crippen LogP contribution in [-0.4, -0.2) is 23.4 Å². The molecule has 0 spiro atoms. The predicted molar refractivity (Wildman–Crippen MR) is 49.3 cm³/mol. The molecule has 0 radical (unpaired) electrons. The molecule has 1 aromatic rings. The number of nitrogens with two attached hydrogens (primary N) is 1. The van der Waals surface area contributed by atoms with Gasteiger partial charge in [0.1, 0.15) is 0 Å². The van der Waals surface area contributed by atoms with Crippen LogP contribution in [-0.2, 0) is 11.3 Å². The molecule has 72 valence electrons. The fraction of sp³-hybridized carbons (Fsp3) is 0.667. The Balaban J connectivity index is 2.05. The van der Waals surface area contributed by atoms with Gasteiger partial charge in [-0.3, -0.25) is 5.10 Å². The van der Waals surface area contributed by atoms with E-state index in [1.165, 1.54) is 6.42 Å². The fourth-order valence-corrected chi connectivity index (χ4v) is 1.67. The number of ether oxygens (including phenoxy) is 1. The molecular weight excluding hydrogens is 166 g/mol. The highest BCUT2D eigenvalue weighted by atomic mass is 16.5. The molecule has 1 aliphatic heterocycles. The van der Waals surface area contributed by atoms with Gasteiger partial charge in [-0.1, -0.05) is 0 Å². The van der Waals surface area contributed by atoms with Crippen LogP contribution in [0.4, 0.5) is 0 Å². The molecule has 2 rings (SSSR count). The number of aromatic amines is 1. The minimum atomic E-state index is 0.463. The number of nitrogens with zero attached hydrogens (tertiary/aromatic N) is 1. The van der Waals surface area contributed by atoms with Crippen LogP contribution in [0, 0.1) is 0 Å². The summed E-state index contributed by atoms with van der Waals surface area (Å²) >= 11 is 0. The van der Waals surface area contributed by atoms with Crippen molar-refractivity contribution in [3.8, 4) is 0 Å². The normalized spacial score (nSPS) is 23.3. The van der Waals surface area contributed by atoms with Gasteiger partial charge < -0.3 is 10.5 Å². The maximum Gasteiger partial charge on any atom is 0.0679 e. The van der Waals surface area contributed by atoms with E-state index in [1.807, 2.05) is 6.07 Å². The van der Waals surface area contributed by atoms with Gasteiger partial charge in [0.05, 0.1) is 12.3 Å². The molecule has 0 bridgehead atoms. The van der Waals surface area contributed by atoms with Crippen molar-refractivity contribution in [2.45, 2.75) is 25.3 Å². The molecule has 3 N–H and O–H groups in total. The molecule has 1 aliphatic rings. The Kier molecular flexibility index (Phi) is 2.61. The summed E-state index contributed by atoms with van der Waals surface area (Å²) in [6.07, 6.45) is 2.31. The summed E-state index contributed by atoms with van der Waals surface area (Å²) in [6, 6.07) is 2.04. The molecular formula is C9H15N3O. The predicted octanol–water partition coefficient (Wildman–Crippen LogP) is 0.762. The van der Waals surface area contributed by atoms with Crippen LogP contribution in [0.5, 0.6) is 0 Å². The van der Waals surface area contributed by atoms with Crippen molar-refractivity contribution in [1.29, 1.82) is 0 Å². The molecule has 0 aliphatic carbocycles. The second-order valence-electron chi connectivity index (χ2n) is 3.44. The Bertz CT molecular complexity index is 266. The Morgan fingerprint density at radius 3 is 3.23 bits per heavy atom. The number of H-pyrrole nitrogens is 1. The number of rotatable bonds is 2. The van der Waals surface area contributed by atoms with Crippen molar-refractivity contribution in [1.82, 2.24) is 10.2 Å². The lowest BCUT2D eigenvalue weighted by Crippen LogP contribution is -2.15. The van der Waals surface area contributed by atoms with Gasteiger partial charge in [0, 0.05) is 24.8 Å². The molecule has 13 heavy (non-hydrogen) atoms. The maximum absolute atomic E-state index is 5.49. The Hall–Kier alpha value is -0.870. The Morgan fingerprint density at radius 1 is 1.69 bits per heavy atom. The summed E-state index contributed by atoms with van der Waals surface area (Å²) in [5.41, 5.74) is 7.59. The van der Waals surface area contributed by atoms with E-state index in [9.17, 15) is 0 Å². The quantitative estimate of drug-likeness (QED) is 0.708. The van der Waals surface area contributed by atoms with Crippen LogP contribution < -0.4 is 5.73 Å². The summed E-state index contributed by atoms with van der Waals surface area (Å²) in [4.78, 5) is 0. The van der Waals surface area contributed by atoms with Crippen LogP contribution in [0.3, 0.4) is 0 Å². The minimum absolute atomic E-state index is 0.463. The van der Waals surface area contributed by atoms with Gasteiger partial charge in [0.15, 0.2) is 0 Å². The standard InChI is InChI=1S/C9H15N3O/c10-5-8-4-9(12-11-8)7-2-1-3-13-6-7/h4,7H,1-3,5-6,10H2,(H,11,12). The van der Waals surface area contributed by atoms with Crippen LogP contribution in [0.2, 0.25) is 0 Å². The van der Waals surface area contributed by atoms with E-state index in [-0.39, 0.29) is 0 Å². The first kappa shape index (κ1) is 8.72. The lowest BCUT2D eigenvalue weighted by molar-refractivity contribution is 0.0793. The van der Waals surface area contributed by atoms with Crippen molar-refractivity contribution < 1.29 is 4.74 Å².